The van der Waals surface area contributed by atoms with Gasteiger partial charge in [0.25, 0.3) is 0 Å². The Hall–Kier alpha value is -3.52. The number of anilines is 1. The Morgan fingerprint density at radius 1 is 1.12 bits per heavy atom. The van der Waals surface area contributed by atoms with Crippen molar-refractivity contribution >= 4 is 16.7 Å². The van der Waals surface area contributed by atoms with Crippen LogP contribution in [0.2, 0.25) is 0 Å². The SMILES string of the molecule is COc1cc(-c2cnn(C)c2)ccc1Cc1ncc2ccnc(NCC(C)(C)CO)c2n1. The van der Waals surface area contributed by atoms with E-state index in [1.165, 1.54) is 0 Å². The maximum absolute atomic E-state index is 9.53. The van der Waals surface area contributed by atoms with Crippen LogP contribution in [0.25, 0.3) is 22.0 Å². The minimum Gasteiger partial charge on any atom is -0.496 e. The van der Waals surface area contributed by atoms with Crippen LogP contribution in [-0.4, -0.2) is 50.1 Å². The fraction of sp³-hybridized carbons (Fsp3) is 0.333. The number of methoxy groups -OCH3 is 1. The summed E-state index contributed by atoms with van der Waals surface area (Å²) in [4.78, 5) is 13.8. The molecule has 4 rings (SSSR count). The highest BCUT2D eigenvalue weighted by Crippen LogP contribution is 2.29. The second kappa shape index (κ2) is 8.92. The summed E-state index contributed by atoms with van der Waals surface area (Å²) in [5.41, 5.74) is 3.58. The average Bonchev–Trinajstić information content (AvgIpc) is 3.24. The molecule has 0 amide bonds. The summed E-state index contributed by atoms with van der Waals surface area (Å²) < 4.78 is 7.43. The van der Waals surface area contributed by atoms with E-state index in [1.807, 2.05) is 57.7 Å². The molecule has 0 unspecified atom stereocenters. The van der Waals surface area contributed by atoms with Crippen molar-refractivity contribution in [2.45, 2.75) is 20.3 Å². The van der Waals surface area contributed by atoms with Crippen LogP contribution in [0, 0.1) is 5.41 Å². The standard InChI is InChI=1S/C24H28N6O2/c1-24(2,15-31)14-27-23-22-18(7-8-25-23)11-26-21(29-22)10-17-6-5-16(9-20(17)32-4)19-12-28-30(3)13-19/h5-9,11-13,31H,10,14-15H2,1-4H3,(H,25,27). The summed E-state index contributed by atoms with van der Waals surface area (Å²) >= 11 is 0. The summed E-state index contributed by atoms with van der Waals surface area (Å²) in [6, 6.07) is 8.01. The summed E-state index contributed by atoms with van der Waals surface area (Å²) in [7, 11) is 3.57. The highest BCUT2D eigenvalue weighted by atomic mass is 16.5. The molecule has 32 heavy (non-hydrogen) atoms. The third-order valence-electron chi connectivity index (χ3n) is 5.39. The number of nitrogens with one attached hydrogen (secondary N) is 1. The molecule has 0 spiro atoms. The van der Waals surface area contributed by atoms with E-state index in [-0.39, 0.29) is 12.0 Å². The molecule has 166 valence electrons. The Balaban J connectivity index is 1.62. The van der Waals surface area contributed by atoms with Crippen LogP contribution in [0.15, 0.2) is 49.1 Å². The van der Waals surface area contributed by atoms with Crippen LogP contribution >= 0.6 is 0 Å². The number of aliphatic hydroxyl groups is 1. The number of nitrogens with zero attached hydrogens (tertiary/aromatic N) is 5. The third kappa shape index (κ3) is 4.70. The first-order valence-corrected chi connectivity index (χ1v) is 10.5. The fourth-order valence-corrected chi connectivity index (χ4v) is 3.40. The van der Waals surface area contributed by atoms with E-state index in [0.717, 1.165) is 33.3 Å². The Morgan fingerprint density at radius 3 is 2.69 bits per heavy atom. The molecule has 2 N–H and O–H groups in total. The Labute approximate surface area is 187 Å². The Morgan fingerprint density at radius 2 is 1.97 bits per heavy atom. The van der Waals surface area contributed by atoms with Crippen molar-refractivity contribution in [2.24, 2.45) is 12.5 Å². The average molecular weight is 433 g/mol. The topological polar surface area (TPSA) is 98.0 Å². The van der Waals surface area contributed by atoms with Crippen LogP contribution in [-0.2, 0) is 13.5 Å². The maximum atomic E-state index is 9.53. The number of aliphatic hydroxyl groups excluding tert-OH is 1. The normalized spacial score (nSPS) is 11.7. The number of aryl methyl sites for hydroxylation is 1. The molecule has 0 saturated carbocycles. The Kier molecular flexibility index (Phi) is 6.05. The van der Waals surface area contributed by atoms with Crippen LogP contribution < -0.4 is 10.1 Å². The van der Waals surface area contributed by atoms with Gasteiger partial charge in [0.1, 0.15) is 17.1 Å². The molecular weight excluding hydrogens is 404 g/mol. The van der Waals surface area contributed by atoms with E-state index >= 15 is 0 Å². The van der Waals surface area contributed by atoms with Crippen LogP contribution in [0.3, 0.4) is 0 Å². The molecule has 0 saturated heterocycles. The zero-order chi connectivity index (χ0) is 22.7. The van der Waals surface area contributed by atoms with Crippen molar-refractivity contribution in [1.82, 2.24) is 24.7 Å². The van der Waals surface area contributed by atoms with E-state index in [0.29, 0.717) is 24.6 Å². The minimum atomic E-state index is -0.261. The summed E-state index contributed by atoms with van der Waals surface area (Å²) in [5, 5.41) is 18.0. The van der Waals surface area contributed by atoms with E-state index < -0.39 is 0 Å². The van der Waals surface area contributed by atoms with Crippen LogP contribution in [0.4, 0.5) is 5.82 Å². The number of rotatable bonds is 8. The first-order chi connectivity index (χ1) is 15.4. The highest BCUT2D eigenvalue weighted by Gasteiger charge is 2.17. The van der Waals surface area contributed by atoms with Crippen molar-refractivity contribution in [2.75, 3.05) is 25.6 Å². The van der Waals surface area contributed by atoms with Crippen LogP contribution in [0.1, 0.15) is 25.2 Å². The van der Waals surface area contributed by atoms with Gasteiger partial charge in [0, 0.05) is 67.1 Å². The molecule has 3 aromatic heterocycles. The van der Waals surface area contributed by atoms with Crippen LogP contribution in [0.5, 0.6) is 5.75 Å². The number of aromatic nitrogens is 5. The lowest BCUT2D eigenvalue weighted by molar-refractivity contribution is 0.171. The number of fused-ring (bicyclic) bond motifs is 1. The molecule has 3 heterocycles. The van der Waals surface area contributed by atoms with Crippen molar-refractivity contribution in [3.63, 3.8) is 0 Å². The first kappa shape index (κ1) is 21.7. The van der Waals surface area contributed by atoms with Gasteiger partial charge in [-0.05, 0) is 17.7 Å². The van der Waals surface area contributed by atoms with Gasteiger partial charge in [0.15, 0.2) is 5.82 Å². The maximum Gasteiger partial charge on any atom is 0.152 e. The quantitative estimate of drug-likeness (QED) is 0.440. The number of pyridine rings is 1. The van der Waals surface area contributed by atoms with Gasteiger partial charge in [-0.2, -0.15) is 5.10 Å². The largest absolute Gasteiger partial charge is 0.496 e. The van der Waals surface area contributed by atoms with E-state index in [2.05, 4.69) is 26.4 Å². The molecular formula is C24H28N6O2. The summed E-state index contributed by atoms with van der Waals surface area (Å²) in [6.07, 6.45) is 7.89. The smallest absolute Gasteiger partial charge is 0.152 e. The molecule has 4 aromatic rings. The van der Waals surface area contributed by atoms with Gasteiger partial charge in [0.2, 0.25) is 0 Å². The first-order valence-electron chi connectivity index (χ1n) is 10.5. The van der Waals surface area contributed by atoms with E-state index in [4.69, 9.17) is 9.72 Å². The monoisotopic (exact) mass is 432 g/mol. The Bertz CT molecular complexity index is 1230. The van der Waals surface area contributed by atoms with Crippen molar-refractivity contribution in [1.29, 1.82) is 0 Å². The molecule has 0 bridgehead atoms. The molecule has 0 aliphatic carbocycles. The van der Waals surface area contributed by atoms with Crippen molar-refractivity contribution < 1.29 is 9.84 Å². The van der Waals surface area contributed by atoms with Gasteiger partial charge in [-0.1, -0.05) is 26.0 Å². The predicted octanol–water partition coefficient (Wildman–Crippen LogP) is 3.46. The summed E-state index contributed by atoms with van der Waals surface area (Å²) in [6.45, 7) is 4.65. The lowest BCUT2D eigenvalue weighted by Gasteiger charge is -2.22. The lowest BCUT2D eigenvalue weighted by atomic mass is 9.95. The zero-order valence-electron chi connectivity index (χ0n) is 18.8. The number of ether oxygens (including phenoxy) is 1. The van der Waals surface area contributed by atoms with Gasteiger partial charge < -0.3 is 15.2 Å². The van der Waals surface area contributed by atoms with Gasteiger partial charge in [-0.15, -0.1) is 0 Å². The molecule has 0 atom stereocenters. The van der Waals surface area contributed by atoms with E-state index in [1.54, 1.807) is 18.0 Å². The second-order valence-corrected chi connectivity index (χ2v) is 8.67. The number of hydrogen-bond acceptors (Lipinski definition) is 7. The van der Waals surface area contributed by atoms with Gasteiger partial charge in [-0.3, -0.25) is 4.68 Å². The minimum absolute atomic E-state index is 0.0832. The molecule has 0 aliphatic heterocycles. The molecule has 1 aromatic carbocycles. The van der Waals surface area contributed by atoms with Gasteiger partial charge >= 0.3 is 0 Å². The zero-order valence-corrected chi connectivity index (χ0v) is 18.8. The van der Waals surface area contributed by atoms with Gasteiger partial charge in [-0.25, -0.2) is 15.0 Å². The predicted molar refractivity (Wildman–Crippen MR) is 125 cm³/mol. The summed E-state index contributed by atoms with van der Waals surface area (Å²) in [5.74, 6) is 2.15. The molecule has 0 aliphatic rings. The lowest BCUT2D eigenvalue weighted by Crippen LogP contribution is -2.27. The van der Waals surface area contributed by atoms with Gasteiger partial charge in [0.05, 0.1) is 13.3 Å². The molecule has 0 radical (unpaired) electrons. The highest BCUT2D eigenvalue weighted by molar-refractivity contribution is 5.87. The van der Waals surface area contributed by atoms with Crippen molar-refractivity contribution in [3.8, 4) is 16.9 Å². The second-order valence-electron chi connectivity index (χ2n) is 8.67. The number of benzene rings is 1. The molecule has 8 nitrogen and oxygen atoms in total. The van der Waals surface area contributed by atoms with Crippen molar-refractivity contribution in [3.05, 3.63) is 60.4 Å². The molecule has 0 fully saturated rings. The fourth-order valence-electron chi connectivity index (χ4n) is 3.40. The number of hydrogen-bond donors (Lipinski definition) is 2. The molecule has 8 heteroatoms. The van der Waals surface area contributed by atoms with E-state index in [9.17, 15) is 5.11 Å². The third-order valence-corrected chi connectivity index (χ3v) is 5.39.